The number of thioether (sulfide) groups is 1. The molecule has 1 unspecified atom stereocenters. The van der Waals surface area contributed by atoms with Crippen LogP contribution in [0.1, 0.15) is 30.2 Å². The Hall–Kier alpha value is -1.43. The third-order valence-electron chi connectivity index (χ3n) is 2.39. The van der Waals surface area contributed by atoms with Crippen molar-refractivity contribution in [3.63, 3.8) is 0 Å². The number of rotatable bonds is 6. The molecule has 1 heterocycles. The van der Waals surface area contributed by atoms with Gasteiger partial charge in [-0.25, -0.2) is 4.79 Å². The molecule has 0 aliphatic rings. The molecule has 6 heteroatoms. The number of aliphatic carboxylic acids is 1. The average molecular weight is 271 g/mol. The van der Waals surface area contributed by atoms with Gasteiger partial charge in [0, 0.05) is 0 Å². The highest BCUT2D eigenvalue weighted by molar-refractivity contribution is 7.97. The topological polar surface area (TPSA) is 79.5 Å². The standard InChI is InChI=1S/C12H17NO4S/c1-7(2)10(12(15)16)13-11(14)9-5-4-8(17-9)6-18-3/h4-5,7,10H,6H2,1-3H3,(H,13,14)(H,15,16). The highest BCUT2D eigenvalue weighted by Gasteiger charge is 2.25. The molecule has 0 spiro atoms. The van der Waals surface area contributed by atoms with Gasteiger partial charge in [0.05, 0.1) is 5.75 Å². The van der Waals surface area contributed by atoms with Gasteiger partial charge in [-0.2, -0.15) is 11.8 Å². The molecule has 0 fully saturated rings. The van der Waals surface area contributed by atoms with Gasteiger partial charge in [0.1, 0.15) is 11.8 Å². The molecule has 1 atom stereocenters. The smallest absolute Gasteiger partial charge is 0.326 e. The minimum Gasteiger partial charge on any atom is -0.480 e. The summed E-state index contributed by atoms with van der Waals surface area (Å²) in [6.45, 7) is 3.47. The fourth-order valence-electron chi connectivity index (χ4n) is 1.45. The number of carbonyl (C=O) groups excluding carboxylic acids is 1. The van der Waals surface area contributed by atoms with Crippen molar-refractivity contribution < 1.29 is 19.1 Å². The normalized spacial score (nSPS) is 12.4. The van der Waals surface area contributed by atoms with Crippen LogP contribution >= 0.6 is 11.8 Å². The molecule has 18 heavy (non-hydrogen) atoms. The zero-order valence-electron chi connectivity index (χ0n) is 10.6. The minimum atomic E-state index is -1.05. The molecule has 1 rings (SSSR count). The molecule has 2 N–H and O–H groups in total. The summed E-state index contributed by atoms with van der Waals surface area (Å²) >= 11 is 1.58. The number of carboxylic acid groups (broad SMARTS) is 1. The predicted octanol–water partition coefficient (Wildman–Crippen LogP) is 1.98. The first-order valence-electron chi connectivity index (χ1n) is 5.57. The Labute approximate surface area is 110 Å². The molecule has 1 aromatic rings. The van der Waals surface area contributed by atoms with Gasteiger partial charge in [-0.05, 0) is 24.3 Å². The van der Waals surface area contributed by atoms with E-state index in [1.54, 1.807) is 37.7 Å². The van der Waals surface area contributed by atoms with Crippen LogP contribution in [0.2, 0.25) is 0 Å². The Morgan fingerprint density at radius 3 is 2.61 bits per heavy atom. The van der Waals surface area contributed by atoms with Crippen molar-refractivity contribution in [2.45, 2.75) is 25.6 Å². The van der Waals surface area contributed by atoms with Crippen molar-refractivity contribution in [1.82, 2.24) is 5.32 Å². The van der Waals surface area contributed by atoms with E-state index in [0.717, 1.165) is 0 Å². The molecule has 0 aliphatic carbocycles. The van der Waals surface area contributed by atoms with Gasteiger partial charge in [0.25, 0.3) is 5.91 Å². The van der Waals surface area contributed by atoms with E-state index in [2.05, 4.69) is 5.32 Å². The predicted molar refractivity (Wildman–Crippen MR) is 69.7 cm³/mol. The molecule has 100 valence electrons. The Morgan fingerprint density at radius 1 is 1.44 bits per heavy atom. The first-order chi connectivity index (χ1) is 8.45. The summed E-state index contributed by atoms with van der Waals surface area (Å²) in [5, 5.41) is 11.4. The van der Waals surface area contributed by atoms with Gasteiger partial charge in [0.2, 0.25) is 0 Å². The molecule has 0 saturated carbocycles. The SMILES string of the molecule is CSCc1ccc(C(=O)NC(C(=O)O)C(C)C)o1. The van der Waals surface area contributed by atoms with Gasteiger partial charge in [-0.3, -0.25) is 4.79 Å². The van der Waals surface area contributed by atoms with Crippen molar-refractivity contribution in [2.75, 3.05) is 6.26 Å². The van der Waals surface area contributed by atoms with Crippen LogP contribution in [0.25, 0.3) is 0 Å². The van der Waals surface area contributed by atoms with E-state index in [9.17, 15) is 9.59 Å². The molecule has 1 amide bonds. The molecule has 0 radical (unpaired) electrons. The molecular formula is C12H17NO4S. The second-order valence-corrected chi connectivity index (χ2v) is 5.10. The highest BCUT2D eigenvalue weighted by atomic mass is 32.2. The fraction of sp³-hybridized carbons (Fsp3) is 0.500. The molecule has 5 nitrogen and oxygen atoms in total. The summed E-state index contributed by atoms with van der Waals surface area (Å²) in [6, 6.07) is 2.36. The Kier molecular flexibility index (Phi) is 5.27. The average Bonchev–Trinajstić information content (AvgIpc) is 2.73. The first-order valence-corrected chi connectivity index (χ1v) is 6.96. The third kappa shape index (κ3) is 3.80. The van der Waals surface area contributed by atoms with Crippen molar-refractivity contribution in [1.29, 1.82) is 0 Å². The van der Waals surface area contributed by atoms with Gasteiger partial charge in [0.15, 0.2) is 5.76 Å². The van der Waals surface area contributed by atoms with Crippen LogP contribution in [0.5, 0.6) is 0 Å². The van der Waals surface area contributed by atoms with E-state index in [0.29, 0.717) is 11.5 Å². The summed E-state index contributed by atoms with van der Waals surface area (Å²) in [7, 11) is 0. The van der Waals surface area contributed by atoms with Crippen LogP contribution in [0.4, 0.5) is 0 Å². The van der Waals surface area contributed by atoms with Crippen molar-refractivity contribution in [3.8, 4) is 0 Å². The van der Waals surface area contributed by atoms with E-state index < -0.39 is 17.9 Å². The van der Waals surface area contributed by atoms with Crippen molar-refractivity contribution in [2.24, 2.45) is 5.92 Å². The third-order valence-corrected chi connectivity index (χ3v) is 2.96. The van der Waals surface area contributed by atoms with E-state index in [-0.39, 0.29) is 11.7 Å². The quantitative estimate of drug-likeness (QED) is 0.827. The van der Waals surface area contributed by atoms with Crippen LogP contribution in [0.15, 0.2) is 16.5 Å². The molecule has 0 saturated heterocycles. The number of carboxylic acids is 1. The van der Waals surface area contributed by atoms with E-state index in [4.69, 9.17) is 9.52 Å². The summed E-state index contributed by atoms with van der Waals surface area (Å²) in [6.07, 6.45) is 1.93. The van der Waals surface area contributed by atoms with Crippen LogP contribution in [0.3, 0.4) is 0 Å². The highest BCUT2D eigenvalue weighted by Crippen LogP contribution is 2.14. The van der Waals surface area contributed by atoms with E-state index in [1.807, 2.05) is 6.26 Å². The lowest BCUT2D eigenvalue weighted by Crippen LogP contribution is -2.44. The summed E-state index contributed by atoms with van der Waals surface area (Å²) in [4.78, 5) is 22.8. The Balaban J connectivity index is 2.71. The molecule has 1 aromatic heterocycles. The second kappa shape index (κ2) is 6.49. The second-order valence-electron chi connectivity index (χ2n) is 4.23. The zero-order valence-corrected chi connectivity index (χ0v) is 11.4. The lowest BCUT2D eigenvalue weighted by atomic mass is 10.0. The van der Waals surface area contributed by atoms with Crippen molar-refractivity contribution >= 4 is 23.6 Å². The number of hydrogen-bond donors (Lipinski definition) is 2. The minimum absolute atomic E-state index is 0.144. The van der Waals surface area contributed by atoms with Crippen LogP contribution in [0, 0.1) is 5.92 Å². The van der Waals surface area contributed by atoms with Crippen LogP contribution in [-0.2, 0) is 10.5 Å². The Bertz CT molecular complexity index is 427. The Morgan fingerprint density at radius 2 is 2.11 bits per heavy atom. The molecule has 0 aromatic carbocycles. The maximum absolute atomic E-state index is 11.8. The number of nitrogens with one attached hydrogen (secondary N) is 1. The first kappa shape index (κ1) is 14.6. The zero-order chi connectivity index (χ0) is 13.7. The van der Waals surface area contributed by atoms with Gasteiger partial charge < -0.3 is 14.8 Å². The summed E-state index contributed by atoms with van der Waals surface area (Å²) < 4.78 is 5.32. The number of carbonyl (C=O) groups is 2. The largest absolute Gasteiger partial charge is 0.480 e. The van der Waals surface area contributed by atoms with Gasteiger partial charge in [-0.1, -0.05) is 13.8 Å². The summed E-state index contributed by atoms with van der Waals surface area (Å²) in [5.41, 5.74) is 0. The lowest BCUT2D eigenvalue weighted by molar-refractivity contribution is -0.140. The summed E-state index contributed by atoms with van der Waals surface area (Å²) in [5.74, 6) is -0.209. The maximum Gasteiger partial charge on any atom is 0.326 e. The molecule has 0 aliphatic heterocycles. The molecule has 0 bridgehead atoms. The van der Waals surface area contributed by atoms with Gasteiger partial charge >= 0.3 is 5.97 Å². The monoisotopic (exact) mass is 271 g/mol. The number of amides is 1. The molecular weight excluding hydrogens is 254 g/mol. The van der Waals surface area contributed by atoms with Gasteiger partial charge in [-0.15, -0.1) is 0 Å². The number of hydrogen-bond acceptors (Lipinski definition) is 4. The van der Waals surface area contributed by atoms with E-state index >= 15 is 0 Å². The maximum atomic E-state index is 11.8. The van der Waals surface area contributed by atoms with Crippen LogP contribution in [-0.4, -0.2) is 29.3 Å². The van der Waals surface area contributed by atoms with Crippen LogP contribution < -0.4 is 5.32 Å². The lowest BCUT2D eigenvalue weighted by Gasteiger charge is -2.16. The van der Waals surface area contributed by atoms with Crippen molar-refractivity contribution in [3.05, 3.63) is 23.7 Å². The number of furan rings is 1. The fourth-order valence-corrected chi connectivity index (χ4v) is 1.89. The van der Waals surface area contributed by atoms with E-state index in [1.165, 1.54) is 0 Å².